The molecule has 0 amide bonds. The second kappa shape index (κ2) is 5.83. The van der Waals surface area contributed by atoms with Crippen molar-refractivity contribution < 1.29 is 0 Å². The van der Waals surface area contributed by atoms with Crippen LogP contribution in [0.3, 0.4) is 0 Å². The van der Waals surface area contributed by atoms with Crippen molar-refractivity contribution in [3.8, 4) is 0 Å². The lowest BCUT2D eigenvalue weighted by atomic mass is 9.85. The summed E-state index contributed by atoms with van der Waals surface area (Å²) in [5.74, 6) is 1.99. The molecule has 0 unspecified atom stereocenters. The third-order valence-corrected chi connectivity index (χ3v) is 4.37. The van der Waals surface area contributed by atoms with Gasteiger partial charge >= 0.3 is 0 Å². The summed E-state index contributed by atoms with van der Waals surface area (Å²) in [5.41, 5.74) is 8.08. The van der Waals surface area contributed by atoms with Crippen molar-refractivity contribution in [3.05, 3.63) is 30.1 Å². The van der Waals surface area contributed by atoms with Crippen LogP contribution in [0, 0.1) is 5.92 Å². The van der Waals surface area contributed by atoms with Crippen LogP contribution in [0.1, 0.15) is 31.9 Å². The van der Waals surface area contributed by atoms with Crippen LogP contribution in [-0.2, 0) is 6.42 Å². The van der Waals surface area contributed by atoms with Crippen LogP contribution in [0.4, 0.5) is 5.82 Å². The highest BCUT2D eigenvalue weighted by molar-refractivity contribution is 5.56. The van der Waals surface area contributed by atoms with Crippen LogP contribution in [0.5, 0.6) is 0 Å². The van der Waals surface area contributed by atoms with Gasteiger partial charge in [-0.3, -0.25) is 0 Å². The van der Waals surface area contributed by atoms with Gasteiger partial charge in [0.1, 0.15) is 5.65 Å². The Balaban J connectivity index is 1.96. The highest BCUT2D eigenvalue weighted by Crippen LogP contribution is 2.30. The molecule has 2 heterocycles. The van der Waals surface area contributed by atoms with E-state index in [1.807, 2.05) is 6.07 Å². The summed E-state index contributed by atoms with van der Waals surface area (Å²) in [6.07, 6.45) is 7.10. The SMILES string of the molecule is CCN(CC1CCC1)c1nc2ccccn2c1CCN. The highest BCUT2D eigenvalue weighted by Gasteiger charge is 2.23. The van der Waals surface area contributed by atoms with Crippen LogP contribution < -0.4 is 10.6 Å². The third kappa shape index (κ3) is 2.40. The number of aromatic nitrogens is 2. The molecule has 0 radical (unpaired) electrons. The van der Waals surface area contributed by atoms with Crippen molar-refractivity contribution in [2.75, 3.05) is 24.5 Å². The molecule has 0 saturated heterocycles. The topological polar surface area (TPSA) is 46.6 Å². The molecule has 108 valence electrons. The van der Waals surface area contributed by atoms with E-state index in [-0.39, 0.29) is 0 Å². The quantitative estimate of drug-likeness (QED) is 0.878. The largest absolute Gasteiger partial charge is 0.355 e. The van der Waals surface area contributed by atoms with Crippen molar-refractivity contribution in [2.24, 2.45) is 11.7 Å². The lowest BCUT2D eigenvalue weighted by Crippen LogP contribution is -2.33. The minimum Gasteiger partial charge on any atom is -0.355 e. The summed E-state index contributed by atoms with van der Waals surface area (Å²) in [7, 11) is 0. The summed E-state index contributed by atoms with van der Waals surface area (Å²) in [4.78, 5) is 7.28. The molecule has 2 aromatic rings. The summed E-state index contributed by atoms with van der Waals surface area (Å²) in [5, 5.41) is 0. The summed E-state index contributed by atoms with van der Waals surface area (Å²) >= 11 is 0. The molecule has 2 aromatic heterocycles. The Morgan fingerprint density at radius 1 is 1.40 bits per heavy atom. The first-order chi connectivity index (χ1) is 9.83. The Morgan fingerprint density at radius 3 is 2.90 bits per heavy atom. The van der Waals surface area contributed by atoms with Gasteiger partial charge in [0, 0.05) is 25.7 Å². The molecule has 1 saturated carbocycles. The van der Waals surface area contributed by atoms with Gasteiger partial charge in [-0.25, -0.2) is 4.98 Å². The van der Waals surface area contributed by atoms with E-state index in [1.165, 1.54) is 25.0 Å². The molecule has 20 heavy (non-hydrogen) atoms. The summed E-state index contributed by atoms with van der Waals surface area (Å²) in [6.45, 7) is 5.03. The van der Waals surface area contributed by atoms with Gasteiger partial charge < -0.3 is 15.0 Å². The normalized spacial score (nSPS) is 15.5. The van der Waals surface area contributed by atoms with Gasteiger partial charge in [0.2, 0.25) is 0 Å². The summed E-state index contributed by atoms with van der Waals surface area (Å²) < 4.78 is 2.19. The van der Waals surface area contributed by atoms with E-state index in [0.717, 1.165) is 36.9 Å². The van der Waals surface area contributed by atoms with E-state index in [4.69, 9.17) is 10.7 Å². The smallest absolute Gasteiger partial charge is 0.151 e. The maximum Gasteiger partial charge on any atom is 0.151 e. The second-order valence-corrected chi connectivity index (χ2v) is 5.69. The molecule has 3 rings (SSSR count). The number of nitrogens with zero attached hydrogens (tertiary/aromatic N) is 3. The molecular weight excluding hydrogens is 248 g/mol. The first-order valence-electron chi connectivity index (χ1n) is 7.74. The first-order valence-corrected chi connectivity index (χ1v) is 7.74. The average Bonchev–Trinajstić information content (AvgIpc) is 2.78. The van der Waals surface area contributed by atoms with Crippen molar-refractivity contribution in [1.29, 1.82) is 0 Å². The van der Waals surface area contributed by atoms with Gasteiger partial charge in [0.25, 0.3) is 0 Å². The molecule has 0 aromatic carbocycles. The number of fused-ring (bicyclic) bond motifs is 1. The number of anilines is 1. The second-order valence-electron chi connectivity index (χ2n) is 5.69. The fourth-order valence-electron chi connectivity index (χ4n) is 3.01. The number of nitrogens with two attached hydrogens (primary N) is 1. The molecule has 1 aliphatic rings. The summed E-state index contributed by atoms with van der Waals surface area (Å²) in [6, 6.07) is 6.17. The zero-order chi connectivity index (χ0) is 13.9. The minimum absolute atomic E-state index is 0.663. The average molecular weight is 272 g/mol. The fourth-order valence-corrected chi connectivity index (χ4v) is 3.01. The number of hydrogen-bond donors (Lipinski definition) is 1. The van der Waals surface area contributed by atoms with Crippen LogP contribution in [0.2, 0.25) is 0 Å². The van der Waals surface area contributed by atoms with E-state index in [2.05, 4.69) is 34.6 Å². The molecule has 0 aliphatic heterocycles. The predicted octanol–water partition coefficient (Wildman–Crippen LogP) is 2.46. The molecule has 1 fully saturated rings. The molecule has 0 spiro atoms. The molecular formula is C16H24N4. The van der Waals surface area contributed by atoms with Crippen molar-refractivity contribution in [2.45, 2.75) is 32.6 Å². The van der Waals surface area contributed by atoms with Gasteiger partial charge in [-0.05, 0) is 44.4 Å². The van der Waals surface area contributed by atoms with Crippen molar-refractivity contribution >= 4 is 11.5 Å². The van der Waals surface area contributed by atoms with Crippen LogP contribution >= 0.6 is 0 Å². The number of imidazole rings is 1. The predicted molar refractivity (Wildman–Crippen MR) is 83.2 cm³/mol. The Labute approximate surface area is 120 Å². The fraction of sp³-hybridized carbons (Fsp3) is 0.562. The Bertz CT molecular complexity index is 571. The molecule has 4 heteroatoms. The molecule has 0 atom stereocenters. The zero-order valence-electron chi connectivity index (χ0n) is 12.3. The van der Waals surface area contributed by atoms with E-state index >= 15 is 0 Å². The minimum atomic E-state index is 0.663. The maximum atomic E-state index is 5.80. The monoisotopic (exact) mass is 272 g/mol. The van der Waals surface area contributed by atoms with E-state index in [0.29, 0.717) is 6.54 Å². The van der Waals surface area contributed by atoms with Crippen LogP contribution in [0.15, 0.2) is 24.4 Å². The van der Waals surface area contributed by atoms with Gasteiger partial charge in [-0.2, -0.15) is 0 Å². The first kappa shape index (κ1) is 13.4. The van der Waals surface area contributed by atoms with Gasteiger partial charge in [-0.15, -0.1) is 0 Å². The number of rotatable bonds is 6. The Morgan fingerprint density at radius 2 is 2.25 bits per heavy atom. The van der Waals surface area contributed by atoms with Crippen LogP contribution in [-0.4, -0.2) is 29.0 Å². The number of hydrogen-bond acceptors (Lipinski definition) is 3. The lowest BCUT2D eigenvalue weighted by molar-refractivity contribution is 0.318. The van der Waals surface area contributed by atoms with Crippen molar-refractivity contribution in [1.82, 2.24) is 9.38 Å². The third-order valence-electron chi connectivity index (χ3n) is 4.37. The highest BCUT2D eigenvalue weighted by atomic mass is 15.2. The van der Waals surface area contributed by atoms with E-state index < -0.39 is 0 Å². The Hall–Kier alpha value is -1.55. The van der Waals surface area contributed by atoms with Gasteiger partial charge in [0.15, 0.2) is 5.82 Å². The van der Waals surface area contributed by atoms with Crippen LogP contribution in [0.25, 0.3) is 5.65 Å². The van der Waals surface area contributed by atoms with E-state index in [1.54, 1.807) is 0 Å². The molecule has 4 nitrogen and oxygen atoms in total. The molecule has 2 N–H and O–H groups in total. The zero-order valence-corrected chi connectivity index (χ0v) is 12.3. The standard InChI is InChI=1S/C16H24N4/c1-2-19(12-13-6-5-7-13)16-14(9-10-17)20-11-4-3-8-15(20)18-16/h3-4,8,11,13H,2,5-7,9-10,12,17H2,1H3. The van der Waals surface area contributed by atoms with E-state index in [9.17, 15) is 0 Å². The van der Waals surface area contributed by atoms with Gasteiger partial charge in [-0.1, -0.05) is 12.5 Å². The number of pyridine rings is 1. The lowest BCUT2D eigenvalue weighted by Gasteiger charge is -2.32. The van der Waals surface area contributed by atoms with Crippen molar-refractivity contribution in [3.63, 3.8) is 0 Å². The molecule has 1 aliphatic carbocycles. The molecule has 0 bridgehead atoms. The maximum absolute atomic E-state index is 5.80. The Kier molecular flexibility index (Phi) is 3.92. The van der Waals surface area contributed by atoms with Gasteiger partial charge in [0.05, 0.1) is 5.69 Å².